The van der Waals surface area contributed by atoms with Crippen LogP contribution in [-0.2, 0) is 12.8 Å². The molecule has 3 rings (SSSR count). The zero-order chi connectivity index (χ0) is 9.71. The Hall–Kier alpha value is -1.35. The molecule has 1 aliphatic rings. The van der Waals surface area contributed by atoms with Gasteiger partial charge >= 0.3 is 0 Å². The van der Waals surface area contributed by atoms with Crippen LogP contribution in [0.5, 0.6) is 0 Å². The standard InChI is InChI=1S/C11H11FN2/c12-9-1-2-10-11-6(5-14-10)3-7(13)4-8(9)11/h1-2,5,7,14H,3-4,13H2. The Morgan fingerprint density at radius 3 is 3.07 bits per heavy atom. The van der Waals surface area contributed by atoms with Crippen LogP contribution in [0.15, 0.2) is 18.3 Å². The quantitative estimate of drug-likeness (QED) is 0.652. The molecule has 1 unspecified atom stereocenters. The number of hydrogen-bond donors (Lipinski definition) is 2. The predicted octanol–water partition coefficient (Wildman–Crippen LogP) is 1.73. The fraction of sp³-hybridized carbons (Fsp3) is 0.273. The molecule has 0 fully saturated rings. The number of aromatic nitrogens is 1. The third kappa shape index (κ3) is 0.930. The Morgan fingerprint density at radius 1 is 1.36 bits per heavy atom. The second-order valence-corrected chi connectivity index (χ2v) is 3.93. The number of aromatic amines is 1. The highest BCUT2D eigenvalue weighted by Gasteiger charge is 2.21. The first-order valence-corrected chi connectivity index (χ1v) is 4.78. The van der Waals surface area contributed by atoms with Crippen LogP contribution < -0.4 is 5.73 Å². The Morgan fingerprint density at radius 2 is 2.21 bits per heavy atom. The molecule has 0 aliphatic heterocycles. The van der Waals surface area contributed by atoms with Crippen LogP contribution in [0.3, 0.4) is 0 Å². The van der Waals surface area contributed by atoms with Crippen LogP contribution >= 0.6 is 0 Å². The van der Waals surface area contributed by atoms with Gasteiger partial charge in [-0.05, 0) is 36.1 Å². The van der Waals surface area contributed by atoms with E-state index in [0.29, 0.717) is 6.42 Å². The average Bonchev–Trinajstić information content (AvgIpc) is 2.55. The third-order valence-corrected chi connectivity index (χ3v) is 2.93. The van der Waals surface area contributed by atoms with Crippen molar-refractivity contribution in [2.75, 3.05) is 0 Å². The summed E-state index contributed by atoms with van der Waals surface area (Å²) in [7, 11) is 0. The molecule has 2 aromatic rings. The summed E-state index contributed by atoms with van der Waals surface area (Å²) >= 11 is 0. The second-order valence-electron chi connectivity index (χ2n) is 3.93. The van der Waals surface area contributed by atoms with Gasteiger partial charge in [-0.25, -0.2) is 4.39 Å². The summed E-state index contributed by atoms with van der Waals surface area (Å²) in [5.41, 5.74) is 8.81. The van der Waals surface area contributed by atoms with Crippen LogP contribution in [-0.4, -0.2) is 11.0 Å². The van der Waals surface area contributed by atoms with E-state index in [1.807, 2.05) is 6.20 Å². The maximum atomic E-state index is 13.5. The average molecular weight is 190 g/mol. The van der Waals surface area contributed by atoms with E-state index in [1.54, 1.807) is 6.07 Å². The minimum atomic E-state index is -0.131. The number of nitrogens with one attached hydrogen (secondary N) is 1. The van der Waals surface area contributed by atoms with Crippen molar-refractivity contribution in [1.82, 2.24) is 4.98 Å². The van der Waals surface area contributed by atoms with Gasteiger partial charge in [-0.1, -0.05) is 0 Å². The van der Waals surface area contributed by atoms with Crippen molar-refractivity contribution < 1.29 is 4.39 Å². The second kappa shape index (κ2) is 2.58. The van der Waals surface area contributed by atoms with Gasteiger partial charge in [0.25, 0.3) is 0 Å². The Balaban J connectivity index is 2.41. The first-order chi connectivity index (χ1) is 6.75. The maximum absolute atomic E-state index is 13.5. The number of H-pyrrole nitrogens is 1. The molecular formula is C11H11FN2. The molecule has 0 spiro atoms. The summed E-state index contributed by atoms with van der Waals surface area (Å²) < 4.78 is 13.5. The maximum Gasteiger partial charge on any atom is 0.127 e. The first kappa shape index (κ1) is 8.00. The number of rotatable bonds is 0. The van der Waals surface area contributed by atoms with Crippen LogP contribution in [0.25, 0.3) is 10.9 Å². The van der Waals surface area contributed by atoms with Gasteiger partial charge in [0.2, 0.25) is 0 Å². The molecule has 3 heteroatoms. The molecule has 1 atom stereocenters. The molecule has 0 radical (unpaired) electrons. The topological polar surface area (TPSA) is 41.8 Å². The molecule has 2 nitrogen and oxygen atoms in total. The van der Waals surface area contributed by atoms with Gasteiger partial charge in [0.15, 0.2) is 0 Å². The zero-order valence-corrected chi connectivity index (χ0v) is 7.68. The van der Waals surface area contributed by atoms with Crippen LogP contribution in [0.1, 0.15) is 11.1 Å². The van der Waals surface area contributed by atoms with Gasteiger partial charge in [0.05, 0.1) is 0 Å². The minimum Gasteiger partial charge on any atom is -0.361 e. The lowest BCUT2D eigenvalue weighted by atomic mass is 9.89. The third-order valence-electron chi connectivity index (χ3n) is 2.93. The molecule has 1 heterocycles. The van der Waals surface area contributed by atoms with E-state index in [0.717, 1.165) is 28.5 Å². The van der Waals surface area contributed by atoms with Crippen molar-refractivity contribution >= 4 is 10.9 Å². The van der Waals surface area contributed by atoms with E-state index in [1.165, 1.54) is 6.07 Å². The number of hydrogen-bond acceptors (Lipinski definition) is 1. The number of nitrogens with two attached hydrogens (primary N) is 1. The van der Waals surface area contributed by atoms with Gasteiger partial charge in [0.1, 0.15) is 5.82 Å². The van der Waals surface area contributed by atoms with Crippen LogP contribution in [0.4, 0.5) is 4.39 Å². The van der Waals surface area contributed by atoms with Gasteiger partial charge in [-0.15, -0.1) is 0 Å². The molecule has 0 amide bonds. The Kier molecular flexibility index (Phi) is 1.47. The van der Waals surface area contributed by atoms with Crippen molar-refractivity contribution in [1.29, 1.82) is 0 Å². The summed E-state index contributed by atoms with van der Waals surface area (Å²) in [5, 5.41) is 1.05. The highest BCUT2D eigenvalue weighted by molar-refractivity contribution is 5.87. The van der Waals surface area contributed by atoms with Gasteiger partial charge in [-0.3, -0.25) is 0 Å². The molecule has 0 saturated heterocycles. The summed E-state index contributed by atoms with van der Waals surface area (Å²) in [6.07, 6.45) is 3.43. The number of benzene rings is 1. The first-order valence-electron chi connectivity index (χ1n) is 4.78. The van der Waals surface area contributed by atoms with Crippen molar-refractivity contribution in [3.05, 3.63) is 35.3 Å². The lowest BCUT2D eigenvalue weighted by Crippen LogP contribution is -2.28. The van der Waals surface area contributed by atoms with E-state index in [2.05, 4.69) is 4.98 Å². The fourth-order valence-corrected chi connectivity index (χ4v) is 2.32. The van der Waals surface area contributed by atoms with E-state index in [4.69, 9.17) is 5.73 Å². The highest BCUT2D eigenvalue weighted by atomic mass is 19.1. The SMILES string of the molecule is NC1Cc2c[nH]c3ccc(F)c(c23)C1. The van der Waals surface area contributed by atoms with Gasteiger partial charge in [0, 0.05) is 23.1 Å². The van der Waals surface area contributed by atoms with E-state index in [-0.39, 0.29) is 11.9 Å². The van der Waals surface area contributed by atoms with Crippen molar-refractivity contribution in [2.24, 2.45) is 5.73 Å². The minimum absolute atomic E-state index is 0.0541. The molecule has 3 N–H and O–H groups in total. The normalized spacial score (nSPS) is 20.3. The number of halogens is 1. The van der Waals surface area contributed by atoms with E-state index >= 15 is 0 Å². The van der Waals surface area contributed by atoms with E-state index < -0.39 is 0 Å². The Bertz CT molecular complexity index is 501. The largest absolute Gasteiger partial charge is 0.361 e. The Labute approximate surface area is 80.9 Å². The summed E-state index contributed by atoms with van der Waals surface area (Å²) in [5.74, 6) is -0.131. The molecule has 0 saturated carbocycles. The summed E-state index contributed by atoms with van der Waals surface area (Å²) in [4.78, 5) is 3.15. The monoisotopic (exact) mass is 190 g/mol. The van der Waals surface area contributed by atoms with Gasteiger partial charge < -0.3 is 10.7 Å². The lowest BCUT2D eigenvalue weighted by molar-refractivity contribution is 0.581. The van der Waals surface area contributed by atoms with Crippen LogP contribution in [0.2, 0.25) is 0 Å². The molecular weight excluding hydrogens is 179 g/mol. The van der Waals surface area contributed by atoms with Crippen molar-refractivity contribution in [3.8, 4) is 0 Å². The molecule has 0 bridgehead atoms. The van der Waals surface area contributed by atoms with Crippen molar-refractivity contribution in [3.63, 3.8) is 0 Å². The zero-order valence-electron chi connectivity index (χ0n) is 7.68. The van der Waals surface area contributed by atoms with Gasteiger partial charge in [-0.2, -0.15) is 0 Å². The predicted molar refractivity (Wildman–Crippen MR) is 53.6 cm³/mol. The molecule has 1 aromatic carbocycles. The summed E-state index contributed by atoms with van der Waals surface area (Å²) in [6.45, 7) is 0. The van der Waals surface area contributed by atoms with Crippen LogP contribution in [0, 0.1) is 5.82 Å². The smallest absolute Gasteiger partial charge is 0.127 e. The fourth-order valence-electron chi connectivity index (χ4n) is 2.32. The van der Waals surface area contributed by atoms with E-state index in [9.17, 15) is 4.39 Å². The molecule has 14 heavy (non-hydrogen) atoms. The van der Waals surface area contributed by atoms with Crippen molar-refractivity contribution in [2.45, 2.75) is 18.9 Å². The highest BCUT2D eigenvalue weighted by Crippen LogP contribution is 2.30. The lowest BCUT2D eigenvalue weighted by Gasteiger charge is -2.19. The molecule has 1 aromatic heterocycles. The molecule has 72 valence electrons. The molecule has 1 aliphatic carbocycles. The summed E-state index contributed by atoms with van der Waals surface area (Å²) in [6, 6.07) is 3.35.